The van der Waals surface area contributed by atoms with Gasteiger partial charge in [0.1, 0.15) is 5.75 Å². The fourth-order valence-corrected chi connectivity index (χ4v) is 1.82. The van der Waals surface area contributed by atoms with E-state index in [0.29, 0.717) is 16.3 Å². The third-order valence-corrected chi connectivity index (χ3v) is 3.04. The minimum Gasteiger partial charge on any atom is -0.508 e. The molecule has 2 N–H and O–H groups in total. The van der Waals surface area contributed by atoms with Crippen molar-refractivity contribution in [2.45, 2.75) is 6.92 Å². The van der Waals surface area contributed by atoms with E-state index in [0.717, 1.165) is 5.56 Å². The Labute approximate surface area is 110 Å². The highest BCUT2D eigenvalue weighted by atomic mass is 35.5. The van der Waals surface area contributed by atoms with Gasteiger partial charge in [-0.15, -0.1) is 0 Å². The van der Waals surface area contributed by atoms with Crippen molar-refractivity contribution in [1.29, 1.82) is 0 Å². The smallest absolute Gasteiger partial charge is 0.257 e. The molecule has 0 saturated heterocycles. The van der Waals surface area contributed by atoms with E-state index in [1.54, 1.807) is 24.3 Å². The standard InChI is InChI=1S/C14H12ClNO2/c1-9-4-2-7-12(13(9)15)14(18)16-10-5-3-6-11(17)8-10/h2-8,17H,1H3,(H,16,18). The monoisotopic (exact) mass is 261 g/mol. The first-order valence-corrected chi connectivity index (χ1v) is 5.81. The molecule has 3 nitrogen and oxygen atoms in total. The van der Waals surface area contributed by atoms with Crippen LogP contribution in [0.1, 0.15) is 15.9 Å². The van der Waals surface area contributed by atoms with Crippen molar-refractivity contribution >= 4 is 23.2 Å². The number of rotatable bonds is 2. The second-order valence-electron chi connectivity index (χ2n) is 3.94. The number of aromatic hydroxyl groups is 1. The number of nitrogens with one attached hydrogen (secondary N) is 1. The minimum absolute atomic E-state index is 0.100. The average molecular weight is 262 g/mol. The van der Waals surface area contributed by atoms with E-state index in [9.17, 15) is 9.90 Å². The van der Waals surface area contributed by atoms with Crippen LogP contribution in [0, 0.1) is 6.92 Å². The number of hydrogen-bond donors (Lipinski definition) is 2. The highest BCUT2D eigenvalue weighted by molar-refractivity contribution is 6.35. The maximum Gasteiger partial charge on any atom is 0.257 e. The fourth-order valence-electron chi connectivity index (χ4n) is 1.60. The number of benzene rings is 2. The van der Waals surface area contributed by atoms with E-state index in [1.807, 2.05) is 13.0 Å². The van der Waals surface area contributed by atoms with Gasteiger partial charge in [0.2, 0.25) is 0 Å². The third-order valence-electron chi connectivity index (χ3n) is 2.54. The predicted octanol–water partition coefficient (Wildman–Crippen LogP) is 3.61. The number of halogens is 1. The molecule has 0 atom stereocenters. The molecule has 0 unspecified atom stereocenters. The van der Waals surface area contributed by atoms with E-state index in [1.165, 1.54) is 12.1 Å². The molecule has 2 aromatic carbocycles. The predicted molar refractivity (Wildman–Crippen MR) is 72.2 cm³/mol. The van der Waals surface area contributed by atoms with Gasteiger partial charge in [-0.2, -0.15) is 0 Å². The summed E-state index contributed by atoms with van der Waals surface area (Å²) in [5, 5.41) is 12.4. The zero-order valence-corrected chi connectivity index (χ0v) is 10.5. The Kier molecular flexibility index (Phi) is 3.53. The molecule has 0 aliphatic carbocycles. The molecular formula is C14H12ClNO2. The molecule has 0 aliphatic rings. The number of carbonyl (C=O) groups is 1. The summed E-state index contributed by atoms with van der Waals surface area (Å²) in [4.78, 5) is 12.0. The van der Waals surface area contributed by atoms with Crippen molar-refractivity contribution in [2.24, 2.45) is 0 Å². The number of aryl methyl sites for hydroxylation is 1. The molecule has 0 spiro atoms. The Bertz CT molecular complexity index is 596. The number of hydrogen-bond acceptors (Lipinski definition) is 2. The molecule has 2 aromatic rings. The number of anilines is 1. The van der Waals surface area contributed by atoms with Crippen LogP contribution in [0.25, 0.3) is 0 Å². The molecular weight excluding hydrogens is 250 g/mol. The lowest BCUT2D eigenvalue weighted by molar-refractivity contribution is 0.102. The normalized spacial score (nSPS) is 10.1. The van der Waals surface area contributed by atoms with Gasteiger partial charge in [0.15, 0.2) is 0 Å². The molecule has 1 amide bonds. The van der Waals surface area contributed by atoms with Gasteiger partial charge in [-0.3, -0.25) is 4.79 Å². The van der Waals surface area contributed by atoms with Crippen LogP contribution in [-0.2, 0) is 0 Å². The van der Waals surface area contributed by atoms with Gasteiger partial charge in [-0.05, 0) is 30.7 Å². The lowest BCUT2D eigenvalue weighted by Gasteiger charge is -2.08. The van der Waals surface area contributed by atoms with E-state index in [2.05, 4.69) is 5.32 Å². The summed E-state index contributed by atoms with van der Waals surface area (Å²) < 4.78 is 0. The summed E-state index contributed by atoms with van der Waals surface area (Å²) in [7, 11) is 0. The summed E-state index contributed by atoms with van der Waals surface area (Å²) in [5.74, 6) is -0.197. The summed E-state index contributed by atoms with van der Waals surface area (Å²) >= 11 is 6.08. The molecule has 0 aliphatic heterocycles. The SMILES string of the molecule is Cc1cccc(C(=O)Nc2cccc(O)c2)c1Cl. The summed E-state index contributed by atoms with van der Waals surface area (Å²) in [6.07, 6.45) is 0. The van der Waals surface area contributed by atoms with Crippen LogP contribution in [0.15, 0.2) is 42.5 Å². The highest BCUT2D eigenvalue weighted by Gasteiger charge is 2.11. The Morgan fingerprint density at radius 2 is 1.94 bits per heavy atom. The topological polar surface area (TPSA) is 49.3 Å². The molecule has 18 heavy (non-hydrogen) atoms. The zero-order valence-electron chi connectivity index (χ0n) is 9.77. The number of phenols is 1. The van der Waals surface area contributed by atoms with Crippen molar-refractivity contribution in [3.05, 3.63) is 58.6 Å². The van der Waals surface area contributed by atoms with Gasteiger partial charge >= 0.3 is 0 Å². The van der Waals surface area contributed by atoms with Crippen LogP contribution < -0.4 is 5.32 Å². The summed E-state index contributed by atoms with van der Waals surface area (Å²) in [6.45, 7) is 1.84. The van der Waals surface area contributed by atoms with Gasteiger partial charge in [-0.25, -0.2) is 0 Å². The Morgan fingerprint density at radius 3 is 2.67 bits per heavy atom. The Balaban J connectivity index is 2.25. The van der Waals surface area contributed by atoms with Gasteiger partial charge in [-0.1, -0.05) is 29.8 Å². The number of amides is 1. The lowest BCUT2D eigenvalue weighted by Crippen LogP contribution is -2.12. The highest BCUT2D eigenvalue weighted by Crippen LogP contribution is 2.22. The largest absolute Gasteiger partial charge is 0.508 e. The van der Waals surface area contributed by atoms with Gasteiger partial charge in [0.25, 0.3) is 5.91 Å². The first-order chi connectivity index (χ1) is 8.58. The van der Waals surface area contributed by atoms with Crippen molar-refractivity contribution in [3.63, 3.8) is 0 Å². The molecule has 92 valence electrons. The molecule has 4 heteroatoms. The second kappa shape index (κ2) is 5.10. The van der Waals surface area contributed by atoms with E-state index < -0.39 is 0 Å². The van der Waals surface area contributed by atoms with Crippen molar-refractivity contribution in [2.75, 3.05) is 5.32 Å². The number of phenolic OH excluding ortho intramolecular Hbond substituents is 1. The molecule has 0 heterocycles. The molecule has 2 rings (SSSR count). The zero-order chi connectivity index (χ0) is 13.1. The maximum atomic E-state index is 12.0. The van der Waals surface area contributed by atoms with Gasteiger partial charge in [0.05, 0.1) is 10.6 Å². The van der Waals surface area contributed by atoms with Crippen molar-refractivity contribution in [3.8, 4) is 5.75 Å². The first-order valence-electron chi connectivity index (χ1n) is 5.43. The van der Waals surface area contributed by atoms with Gasteiger partial charge < -0.3 is 10.4 Å². The molecule has 0 bridgehead atoms. The van der Waals surface area contributed by atoms with Crippen LogP contribution >= 0.6 is 11.6 Å². The average Bonchev–Trinajstić information content (AvgIpc) is 2.32. The lowest BCUT2D eigenvalue weighted by atomic mass is 10.1. The summed E-state index contributed by atoms with van der Waals surface area (Å²) in [5.41, 5.74) is 1.79. The number of carbonyl (C=O) groups excluding carboxylic acids is 1. The Hall–Kier alpha value is -2.00. The quantitative estimate of drug-likeness (QED) is 0.868. The molecule has 0 saturated carbocycles. The van der Waals surface area contributed by atoms with Crippen LogP contribution in [0.4, 0.5) is 5.69 Å². The molecule has 0 fully saturated rings. The van der Waals surface area contributed by atoms with E-state index in [-0.39, 0.29) is 11.7 Å². The van der Waals surface area contributed by atoms with E-state index in [4.69, 9.17) is 11.6 Å². The van der Waals surface area contributed by atoms with Crippen molar-refractivity contribution in [1.82, 2.24) is 0 Å². The molecule has 0 radical (unpaired) electrons. The van der Waals surface area contributed by atoms with E-state index >= 15 is 0 Å². The van der Waals surface area contributed by atoms with Crippen LogP contribution in [0.3, 0.4) is 0 Å². The summed E-state index contributed by atoms with van der Waals surface area (Å²) in [6, 6.07) is 11.6. The first kappa shape index (κ1) is 12.5. The second-order valence-corrected chi connectivity index (χ2v) is 4.32. The minimum atomic E-state index is -0.297. The van der Waals surface area contributed by atoms with Crippen LogP contribution in [-0.4, -0.2) is 11.0 Å². The van der Waals surface area contributed by atoms with Crippen LogP contribution in [0.5, 0.6) is 5.75 Å². The molecule has 0 aromatic heterocycles. The maximum absolute atomic E-state index is 12.0. The van der Waals surface area contributed by atoms with Gasteiger partial charge in [0, 0.05) is 11.8 Å². The fraction of sp³-hybridized carbons (Fsp3) is 0.0714. The van der Waals surface area contributed by atoms with Crippen molar-refractivity contribution < 1.29 is 9.90 Å². The Morgan fingerprint density at radius 1 is 1.22 bits per heavy atom. The van der Waals surface area contributed by atoms with Crippen LogP contribution in [0.2, 0.25) is 5.02 Å². The third kappa shape index (κ3) is 2.63.